The Kier molecular flexibility index (Phi) is 1.80. The van der Waals surface area contributed by atoms with Crippen LogP contribution in [-0.4, -0.2) is 11.9 Å². The third-order valence-electron chi connectivity index (χ3n) is 3.56. The molecule has 2 saturated heterocycles. The van der Waals surface area contributed by atoms with E-state index in [0.29, 0.717) is 5.41 Å². The van der Waals surface area contributed by atoms with Crippen LogP contribution in [0.5, 0.6) is 0 Å². The van der Waals surface area contributed by atoms with Gasteiger partial charge in [0.1, 0.15) is 0 Å². The maximum Gasteiger partial charge on any atom is 0.0944 e. The number of rotatable bonds is 2. The van der Waals surface area contributed by atoms with E-state index in [1.165, 1.54) is 18.4 Å². The average Bonchev–Trinajstić information content (AvgIpc) is 2.74. The van der Waals surface area contributed by atoms with Crippen LogP contribution in [0.3, 0.4) is 0 Å². The van der Waals surface area contributed by atoms with Crippen LogP contribution in [0, 0.1) is 5.41 Å². The summed E-state index contributed by atoms with van der Waals surface area (Å²) < 4.78 is 5.96. The van der Waals surface area contributed by atoms with Crippen molar-refractivity contribution in [2.45, 2.75) is 18.4 Å². The van der Waals surface area contributed by atoms with E-state index in [1.54, 1.807) is 0 Å². The average molecular weight is 253 g/mol. The maximum atomic E-state index is 5.96. The summed E-state index contributed by atoms with van der Waals surface area (Å²) in [6.45, 7) is 0.924. The van der Waals surface area contributed by atoms with Gasteiger partial charge in [0, 0.05) is 10.7 Å². The molecule has 1 aliphatic carbocycles. The van der Waals surface area contributed by atoms with Gasteiger partial charge in [-0.25, -0.2) is 0 Å². The second-order valence-electron chi connectivity index (χ2n) is 4.64. The van der Waals surface area contributed by atoms with Crippen molar-refractivity contribution in [3.05, 3.63) is 35.9 Å². The zero-order valence-electron chi connectivity index (χ0n) is 8.00. The van der Waals surface area contributed by atoms with Gasteiger partial charge < -0.3 is 4.74 Å². The first-order chi connectivity index (χ1) is 6.79. The number of hydrogen-bond donors (Lipinski definition) is 0. The van der Waals surface area contributed by atoms with Crippen LogP contribution in [0.25, 0.3) is 0 Å². The first kappa shape index (κ1) is 8.93. The summed E-state index contributed by atoms with van der Waals surface area (Å²) in [5.74, 6) is 0. The highest BCUT2D eigenvalue weighted by Crippen LogP contribution is 2.63. The SMILES string of the molecule is BrCC12COC(c3ccccc3)(C1)C2. The first-order valence-electron chi connectivity index (χ1n) is 5.04. The molecule has 1 saturated carbocycles. The normalized spacial score (nSPS) is 39.5. The lowest BCUT2D eigenvalue weighted by Crippen LogP contribution is -2.42. The molecule has 1 aromatic carbocycles. The van der Waals surface area contributed by atoms with Crippen LogP contribution < -0.4 is 0 Å². The summed E-state index contributed by atoms with van der Waals surface area (Å²) in [7, 11) is 0. The van der Waals surface area contributed by atoms with Crippen molar-refractivity contribution >= 4 is 15.9 Å². The highest BCUT2D eigenvalue weighted by molar-refractivity contribution is 9.09. The molecular weight excluding hydrogens is 240 g/mol. The Labute approximate surface area is 92.6 Å². The van der Waals surface area contributed by atoms with Crippen molar-refractivity contribution < 1.29 is 4.74 Å². The molecule has 1 nitrogen and oxygen atoms in total. The van der Waals surface area contributed by atoms with Crippen LogP contribution in [-0.2, 0) is 10.3 Å². The molecule has 0 amide bonds. The van der Waals surface area contributed by atoms with Gasteiger partial charge in [0.05, 0.1) is 12.2 Å². The standard InChI is InChI=1S/C12H13BrO/c13-8-11-6-12(7-11,14-9-11)10-4-2-1-3-5-10/h1-5H,6-9H2. The fourth-order valence-corrected chi connectivity index (χ4v) is 3.38. The third kappa shape index (κ3) is 1.04. The molecule has 3 aliphatic rings. The molecule has 0 aromatic heterocycles. The monoisotopic (exact) mass is 252 g/mol. The summed E-state index contributed by atoms with van der Waals surface area (Å²) in [5.41, 5.74) is 1.86. The zero-order valence-corrected chi connectivity index (χ0v) is 9.59. The molecule has 14 heavy (non-hydrogen) atoms. The molecule has 1 aromatic rings. The predicted octanol–water partition coefficient (Wildman–Crippen LogP) is 3.09. The van der Waals surface area contributed by atoms with Gasteiger partial charge in [-0.1, -0.05) is 46.3 Å². The zero-order chi connectivity index (χ0) is 9.65. The van der Waals surface area contributed by atoms with Gasteiger partial charge in [-0.05, 0) is 18.4 Å². The first-order valence-corrected chi connectivity index (χ1v) is 6.16. The Hall–Kier alpha value is -0.340. The second-order valence-corrected chi connectivity index (χ2v) is 5.20. The van der Waals surface area contributed by atoms with Gasteiger partial charge in [0.25, 0.3) is 0 Å². The van der Waals surface area contributed by atoms with Gasteiger partial charge in [-0.15, -0.1) is 0 Å². The smallest absolute Gasteiger partial charge is 0.0944 e. The molecule has 0 unspecified atom stereocenters. The largest absolute Gasteiger partial charge is 0.370 e. The number of benzene rings is 1. The predicted molar refractivity (Wildman–Crippen MR) is 59.5 cm³/mol. The summed E-state index contributed by atoms with van der Waals surface area (Å²) in [6, 6.07) is 10.6. The third-order valence-corrected chi connectivity index (χ3v) is 4.75. The summed E-state index contributed by atoms with van der Waals surface area (Å²) in [6.07, 6.45) is 2.38. The van der Waals surface area contributed by atoms with Crippen LogP contribution in [0.15, 0.2) is 30.3 Å². The van der Waals surface area contributed by atoms with Gasteiger partial charge in [0.15, 0.2) is 0 Å². The molecule has 2 bridgehead atoms. The van der Waals surface area contributed by atoms with Crippen molar-refractivity contribution in [3.8, 4) is 0 Å². The fraction of sp³-hybridized carbons (Fsp3) is 0.500. The molecule has 3 fully saturated rings. The molecule has 2 heteroatoms. The molecule has 4 rings (SSSR count). The van der Waals surface area contributed by atoms with Gasteiger partial charge in [-0.2, -0.15) is 0 Å². The highest BCUT2D eigenvalue weighted by Gasteiger charge is 2.62. The second kappa shape index (κ2) is 2.83. The lowest BCUT2D eigenvalue weighted by molar-refractivity contribution is -0.0154. The van der Waals surface area contributed by atoms with Crippen LogP contribution in [0.4, 0.5) is 0 Å². The molecule has 74 valence electrons. The molecule has 0 spiro atoms. The molecule has 0 atom stereocenters. The molecular formula is C12H13BrO. The van der Waals surface area contributed by atoms with E-state index >= 15 is 0 Å². The van der Waals surface area contributed by atoms with E-state index in [1.807, 2.05) is 0 Å². The van der Waals surface area contributed by atoms with Gasteiger partial charge in [-0.3, -0.25) is 0 Å². The number of halogens is 1. The lowest BCUT2D eigenvalue weighted by atomic mass is 9.61. The topological polar surface area (TPSA) is 9.23 Å². The van der Waals surface area contributed by atoms with E-state index in [2.05, 4.69) is 46.3 Å². The minimum atomic E-state index is 0.0645. The Morgan fingerprint density at radius 2 is 1.93 bits per heavy atom. The van der Waals surface area contributed by atoms with Crippen molar-refractivity contribution in [2.75, 3.05) is 11.9 Å². The Bertz CT molecular complexity index is 341. The van der Waals surface area contributed by atoms with E-state index in [4.69, 9.17) is 4.74 Å². The highest BCUT2D eigenvalue weighted by atomic mass is 79.9. The van der Waals surface area contributed by atoms with Crippen molar-refractivity contribution in [2.24, 2.45) is 5.41 Å². The van der Waals surface area contributed by atoms with Crippen LogP contribution in [0.2, 0.25) is 0 Å². The van der Waals surface area contributed by atoms with Gasteiger partial charge in [0.2, 0.25) is 0 Å². The Morgan fingerprint density at radius 3 is 2.50 bits per heavy atom. The van der Waals surface area contributed by atoms with Crippen molar-refractivity contribution in [1.82, 2.24) is 0 Å². The number of alkyl halides is 1. The summed E-state index contributed by atoms with van der Waals surface area (Å²) >= 11 is 3.59. The van der Waals surface area contributed by atoms with Crippen molar-refractivity contribution in [1.29, 1.82) is 0 Å². The molecule has 0 N–H and O–H groups in total. The Balaban J connectivity index is 1.90. The quantitative estimate of drug-likeness (QED) is 0.736. The van der Waals surface area contributed by atoms with E-state index < -0.39 is 0 Å². The van der Waals surface area contributed by atoms with Crippen LogP contribution >= 0.6 is 15.9 Å². The maximum absolute atomic E-state index is 5.96. The molecule has 2 aliphatic heterocycles. The van der Waals surface area contributed by atoms with E-state index in [0.717, 1.165) is 11.9 Å². The number of hydrogen-bond acceptors (Lipinski definition) is 1. The fourth-order valence-electron chi connectivity index (χ4n) is 2.82. The lowest BCUT2D eigenvalue weighted by Gasteiger charge is -2.44. The van der Waals surface area contributed by atoms with Crippen LogP contribution in [0.1, 0.15) is 18.4 Å². The van der Waals surface area contributed by atoms with E-state index in [-0.39, 0.29) is 5.60 Å². The molecule has 0 radical (unpaired) electrons. The summed E-state index contributed by atoms with van der Waals surface area (Å²) in [4.78, 5) is 0. The van der Waals surface area contributed by atoms with Gasteiger partial charge >= 0.3 is 0 Å². The van der Waals surface area contributed by atoms with E-state index in [9.17, 15) is 0 Å². The Morgan fingerprint density at radius 1 is 1.21 bits per heavy atom. The minimum Gasteiger partial charge on any atom is -0.370 e. The summed E-state index contributed by atoms with van der Waals surface area (Å²) in [5, 5.41) is 1.08. The number of ether oxygens (including phenoxy) is 1. The molecule has 2 heterocycles. The number of fused-ring (bicyclic) bond motifs is 1. The minimum absolute atomic E-state index is 0.0645. The van der Waals surface area contributed by atoms with Crippen molar-refractivity contribution in [3.63, 3.8) is 0 Å².